The number of carbonyl (C=O) groups excluding carboxylic acids is 1. The Bertz CT molecular complexity index is 509. The van der Waals surface area contributed by atoms with Crippen LogP contribution in [0.25, 0.3) is 0 Å². The van der Waals surface area contributed by atoms with Crippen molar-refractivity contribution >= 4 is 5.91 Å². The Labute approximate surface area is 118 Å². The molecule has 1 unspecified atom stereocenters. The third kappa shape index (κ3) is 2.44. The van der Waals surface area contributed by atoms with Gasteiger partial charge in [0.15, 0.2) is 0 Å². The zero-order chi connectivity index (χ0) is 14.1. The lowest BCUT2D eigenvalue weighted by Crippen LogP contribution is -2.41. The predicted octanol–water partition coefficient (Wildman–Crippen LogP) is 2.09. The number of halogens is 1. The van der Waals surface area contributed by atoms with Crippen LogP contribution in [0.3, 0.4) is 0 Å². The molecule has 1 aromatic carbocycles. The van der Waals surface area contributed by atoms with Crippen LogP contribution in [-0.2, 0) is 11.2 Å². The Balaban J connectivity index is 1.71. The first-order valence-electron chi connectivity index (χ1n) is 7.37. The summed E-state index contributed by atoms with van der Waals surface area (Å²) in [6.07, 6.45) is 3.34. The summed E-state index contributed by atoms with van der Waals surface area (Å²) in [6.45, 7) is 1.68. The molecule has 1 heterocycles. The number of hydrogen-bond acceptors (Lipinski definition) is 2. The minimum atomic E-state index is -0.222. The molecule has 0 aromatic heterocycles. The van der Waals surface area contributed by atoms with E-state index in [1.165, 1.54) is 6.07 Å². The van der Waals surface area contributed by atoms with E-state index in [-0.39, 0.29) is 24.2 Å². The highest BCUT2D eigenvalue weighted by Crippen LogP contribution is 2.35. The van der Waals surface area contributed by atoms with Crippen molar-refractivity contribution in [2.24, 2.45) is 5.92 Å². The Morgan fingerprint density at radius 2 is 2.05 bits per heavy atom. The lowest BCUT2D eigenvalue weighted by atomic mass is 9.94. The van der Waals surface area contributed by atoms with Gasteiger partial charge in [-0.3, -0.25) is 4.79 Å². The van der Waals surface area contributed by atoms with Gasteiger partial charge in [-0.2, -0.15) is 0 Å². The SMILES string of the molecule is O=C(C1CCc2cc(F)ccc21)N1CCC(CO)CC1. The second-order valence-electron chi connectivity index (χ2n) is 5.89. The van der Waals surface area contributed by atoms with E-state index in [1.807, 2.05) is 4.90 Å². The second kappa shape index (κ2) is 5.52. The molecule has 1 fully saturated rings. The van der Waals surface area contributed by atoms with Crippen LogP contribution in [0.1, 0.15) is 36.3 Å². The minimum absolute atomic E-state index is 0.101. The molecule has 1 N–H and O–H groups in total. The van der Waals surface area contributed by atoms with E-state index in [0.29, 0.717) is 5.92 Å². The second-order valence-corrected chi connectivity index (χ2v) is 5.89. The number of piperidine rings is 1. The van der Waals surface area contributed by atoms with Gasteiger partial charge in [-0.05, 0) is 54.9 Å². The zero-order valence-corrected chi connectivity index (χ0v) is 11.5. The Kier molecular flexibility index (Phi) is 3.74. The molecular formula is C16H20FNO2. The number of aryl methyl sites for hydroxylation is 1. The minimum Gasteiger partial charge on any atom is -0.396 e. The van der Waals surface area contributed by atoms with Crippen LogP contribution >= 0.6 is 0 Å². The number of aliphatic hydroxyl groups is 1. The molecule has 1 saturated heterocycles. The predicted molar refractivity (Wildman–Crippen MR) is 73.9 cm³/mol. The molecule has 1 aliphatic heterocycles. The smallest absolute Gasteiger partial charge is 0.230 e. The van der Waals surface area contributed by atoms with E-state index >= 15 is 0 Å². The average molecular weight is 277 g/mol. The Morgan fingerprint density at radius 3 is 2.75 bits per heavy atom. The number of carbonyl (C=O) groups is 1. The number of hydrogen-bond donors (Lipinski definition) is 1. The van der Waals surface area contributed by atoms with E-state index in [4.69, 9.17) is 5.11 Å². The van der Waals surface area contributed by atoms with E-state index in [0.717, 1.165) is 49.9 Å². The maximum Gasteiger partial charge on any atom is 0.230 e. The summed E-state index contributed by atoms with van der Waals surface area (Å²) in [5.74, 6) is 0.188. The molecular weight excluding hydrogens is 257 g/mol. The van der Waals surface area contributed by atoms with Crippen molar-refractivity contribution < 1.29 is 14.3 Å². The first-order chi connectivity index (χ1) is 9.69. The van der Waals surface area contributed by atoms with Crippen molar-refractivity contribution in [1.82, 2.24) is 4.90 Å². The number of rotatable bonds is 2. The van der Waals surface area contributed by atoms with Gasteiger partial charge in [0.2, 0.25) is 5.91 Å². The molecule has 4 heteroatoms. The van der Waals surface area contributed by atoms with Crippen LogP contribution in [0, 0.1) is 11.7 Å². The Morgan fingerprint density at radius 1 is 1.30 bits per heavy atom. The molecule has 0 saturated carbocycles. The largest absolute Gasteiger partial charge is 0.396 e. The van der Waals surface area contributed by atoms with Crippen LogP contribution in [0.5, 0.6) is 0 Å². The lowest BCUT2D eigenvalue weighted by molar-refractivity contribution is -0.134. The number of aliphatic hydroxyl groups excluding tert-OH is 1. The van der Waals surface area contributed by atoms with Crippen LogP contribution in [0.15, 0.2) is 18.2 Å². The van der Waals surface area contributed by atoms with E-state index < -0.39 is 0 Å². The summed E-state index contributed by atoms with van der Waals surface area (Å²) in [4.78, 5) is 14.5. The van der Waals surface area contributed by atoms with Gasteiger partial charge in [-0.1, -0.05) is 6.07 Å². The van der Waals surface area contributed by atoms with Crippen LogP contribution in [-0.4, -0.2) is 35.6 Å². The first kappa shape index (κ1) is 13.6. The van der Waals surface area contributed by atoms with Crippen molar-refractivity contribution in [2.75, 3.05) is 19.7 Å². The summed E-state index contributed by atoms with van der Waals surface area (Å²) < 4.78 is 13.2. The molecule has 1 amide bonds. The third-order valence-corrected chi connectivity index (χ3v) is 4.67. The van der Waals surface area contributed by atoms with Gasteiger partial charge in [0, 0.05) is 19.7 Å². The van der Waals surface area contributed by atoms with Crippen LogP contribution < -0.4 is 0 Å². The molecule has 1 aromatic rings. The van der Waals surface area contributed by atoms with E-state index in [2.05, 4.69) is 0 Å². The van der Waals surface area contributed by atoms with Crippen molar-refractivity contribution in [3.05, 3.63) is 35.1 Å². The monoisotopic (exact) mass is 277 g/mol. The van der Waals surface area contributed by atoms with Crippen LogP contribution in [0.2, 0.25) is 0 Å². The fourth-order valence-electron chi connectivity index (χ4n) is 3.40. The van der Waals surface area contributed by atoms with Gasteiger partial charge < -0.3 is 10.0 Å². The number of fused-ring (bicyclic) bond motifs is 1. The maximum atomic E-state index is 13.2. The molecule has 0 bridgehead atoms. The highest BCUT2D eigenvalue weighted by Gasteiger charge is 2.33. The fourth-order valence-corrected chi connectivity index (χ4v) is 3.40. The normalized spacial score (nSPS) is 22.9. The van der Waals surface area contributed by atoms with Gasteiger partial charge in [-0.15, -0.1) is 0 Å². The molecule has 3 nitrogen and oxygen atoms in total. The maximum absolute atomic E-state index is 13.2. The molecule has 1 aliphatic carbocycles. The third-order valence-electron chi connectivity index (χ3n) is 4.67. The van der Waals surface area contributed by atoms with Gasteiger partial charge in [0.25, 0.3) is 0 Å². The Hall–Kier alpha value is -1.42. The van der Waals surface area contributed by atoms with Crippen molar-refractivity contribution in [3.63, 3.8) is 0 Å². The molecule has 20 heavy (non-hydrogen) atoms. The molecule has 0 radical (unpaired) electrons. The highest BCUT2D eigenvalue weighted by molar-refractivity contribution is 5.85. The zero-order valence-electron chi connectivity index (χ0n) is 11.5. The van der Waals surface area contributed by atoms with Gasteiger partial charge in [0.1, 0.15) is 5.82 Å². The topological polar surface area (TPSA) is 40.5 Å². The summed E-state index contributed by atoms with van der Waals surface area (Å²) >= 11 is 0. The van der Waals surface area contributed by atoms with Gasteiger partial charge in [0.05, 0.1) is 5.92 Å². The summed E-state index contributed by atoms with van der Waals surface area (Å²) in [6, 6.07) is 4.77. The standard InChI is InChI=1S/C16H20FNO2/c17-13-2-4-14-12(9-13)1-3-15(14)16(20)18-7-5-11(10-19)6-8-18/h2,4,9,11,15,19H,1,3,5-8,10H2. The lowest BCUT2D eigenvalue weighted by Gasteiger charge is -2.33. The molecule has 2 aliphatic rings. The molecule has 1 atom stereocenters. The number of likely N-dealkylation sites (tertiary alicyclic amines) is 1. The number of nitrogens with zero attached hydrogens (tertiary/aromatic N) is 1. The van der Waals surface area contributed by atoms with Gasteiger partial charge in [-0.25, -0.2) is 4.39 Å². The van der Waals surface area contributed by atoms with Gasteiger partial charge >= 0.3 is 0 Å². The molecule has 0 spiro atoms. The first-order valence-corrected chi connectivity index (χ1v) is 7.37. The van der Waals surface area contributed by atoms with Crippen LogP contribution in [0.4, 0.5) is 4.39 Å². The number of benzene rings is 1. The average Bonchev–Trinajstić information content (AvgIpc) is 2.89. The van der Waals surface area contributed by atoms with Crippen molar-refractivity contribution in [1.29, 1.82) is 0 Å². The van der Waals surface area contributed by atoms with E-state index in [1.54, 1.807) is 12.1 Å². The van der Waals surface area contributed by atoms with Crippen molar-refractivity contribution in [2.45, 2.75) is 31.6 Å². The summed E-state index contributed by atoms with van der Waals surface area (Å²) in [7, 11) is 0. The summed E-state index contributed by atoms with van der Waals surface area (Å²) in [5, 5.41) is 9.14. The highest BCUT2D eigenvalue weighted by atomic mass is 19.1. The number of amides is 1. The van der Waals surface area contributed by atoms with E-state index in [9.17, 15) is 9.18 Å². The molecule has 108 valence electrons. The molecule has 3 rings (SSSR count). The summed E-state index contributed by atoms with van der Waals surface area (Å²) in [5.41, 5.74) is 1.98. The van der Waals surface area contributed by atoms with Crippen molar-refractivity contribution in [3.8, 4) is 0 Å². The fraction of sp³-hybridized carbons (Fsp3) is 0.562. The quantitative estimate of drug-likeness (QED) is 0.899.